The molecule has 4 rings (SSSR count). The van der Waals surface area contributed by atoms with Gasteiger partial charge < -0.3 is 10.2 Å². The number of hydrogen-bond acceptors (Lipinski definition) is 5. The minimum atomic E-state index is -0.975. The van der Waals surface area contributed by atoms with Crippen molar-refractivity contribution in [3.05, 3.63) is 29.3 Å². The summed E-state index contributed by atoms with van der Waals surface area (Å²) >= 11 is 1.52. The first-order chi connectivity index (χ1) is 10.6. The van der Waals surface area contributed by atoms with Crippen LogP contribution in [0.4, 0.5) is 4.79 Å². The van der Waals surface area contributed by atoms with E-state index in [0.717, 1.165) is 10.2 Å². The predicted octanol–water partition coefficient (Wildman–Crippen LogP) is 0.720. The number of carbonyl (C=O) groups excluding carboxylic acids is 3. The number of carbonyl (C=O) groups is 3. The number of fused-ring (bicyclic) bond motifs is 1. The number of hydrogen-bond donors (Lipinski definition) is 2. The molecule has 2 N–H and O–H groups in total. The summed E-state index contributed by atoms with van der Waals surface area (Å²) in [5.41, 5.74) is 2.09. The van der Waals surface area contributed by atoms with Gasteiger partial charge in [-0.3, -0.25) is 14.9 Å². The van der Waals surface area contributed by atoms with E-state index in [2.05, 4.69) is 15.6 Å². The molecule has 2 aliphatic heterocycles. The highest BCUT2D eigenvalue weighted by molar-refractivity contribution is 7.16. The fourth-order valence-electron chi connectivity index (χ4n) is 2.97. The maximum atomic E-state index is 12.6. The molecule has 2 aliphatic rings. The van der Waals surface area contributed by atoms with E-state index in [-0.39, 0.29) is 18.4 Å². The molecular formula is C14H12N4O3S. The molecule has 1 aromatic heterocycles. The first-order valence-electron chi connectivity index (χ1n) is 6.84. The minimum Gasteiger partial charge on any atom is -0.336 e. The Morgan fingerprint density at radius 3 is 3.00 bits per heavy atom. The van der Waals surface area contributed by atoms with Gasteiger partial charge in [0.15, 0.2) is 0 Å². The normalized spacial score (nSPS) is 24.1. The lowest BCUT2D eigenvalue weighted by atomic mass is 9.99. The number of likely N-dealkylation sites (tertiary alicyclic amines) is 1. The van der Waals surface area contributed by atoms with Gasteiger partial charge in [-0.25, -0.2) is 9.78 Å². The lowest BCUT2D eigenvalue weighted by Crippen LogP contribution is -2.49. The highest BCUT2D eigenvalue weighted by Crippen LogP contribution is 2.27. The maximum absolute atomic E-state index is 12.6. The van der Waals surface area contributed by atoms with Crippen LogP contribution in [0.1, 0.15) is 16.8 Å². The smallest absolute Gasteiger partial charge is 0.322 e. The number of thiazole rings is 1. The van der Waals surface area contributed by atoms with Gasteiger partial charge >= 0.3 is 6.03 Å². The van der Waals surface area contributed by atoms with Crippen LogP contribution in [-0.4, -0.2) is 46.4 Å². The fraction of sp³-hybridized carbons (Fsp3) is 0.286. The molecule has 8 heteroatoms. The molecule has 2 aromatic rings. The van der Waals surface area contributed by atoms with Gasteiger partial charge in [0.05, 0.1) is 22.3 Å². The van der Waals surface area contributed by atoms with Gasteiger partial charge in [-0.15, -0.1) is 11.3 Å². The van der Waals surface area contributed by atoms with E-state index in [4.69, 9.17) is 0 Å². The molecule has 112 valence electrons. The second kappa shape index (κ2) is 4.51. The van der Waals surface area contributed by atoms with Crippen molar-refractivity contribution in [1.29, 1.82) is 0 Å². The van der Waals surface area contributed by atoms with Crippen LogP contribution in [0, 0.1) is 0 Å². The number of imide groups is 1. The Kier molecular flexibility index (Phi) is 2.70. The second-order valence-corrected chi connectivity index (χ2v) is 6.39. The van der Waals surface area contributed by atoms with Crippen LogP contribution in [0.25, 0.3) is 10.2 Å². The van der Waals surface area contributed by atoms with E-state index >= 15 is 0 Å². The van der Waals surface area contributed by atoms with Gasteiger partial charge in [0.1, 0.15) is 5.54 Å². The van der Waals surface area contributed by atoms with Crippen molar-refractivity contribution < 1.29 is 14.4 Å². The van der Waals surface area contributed by atoms with Crippen LogP contribution in [-0.2, 0) is 4.79 Å². The van der Waals surface area contributed by atoms with Crippen molar-refractivity contribution in [3.63, 3.8) is 0 Å². The average molecular weight is 316 g/mol. The Labute approximate surface area is 129 Å². The molecule has 2 fully saturated rings. The molecule has 0 aliphatic carbocycles. The number of amides is 4. The van der Waals surface area contributed by atoms with Gasteiger partial charge in [-0.2, -0.15) is 0 Å². The summed E-state index contributed by atoms with van der Waals surface area (Å²) in [6.07, 6.45) is 0.426. The molecule has 4 amide bonds. The van der Waals surface area contributed by atoms with Crippen molar-refractivity contribution in [1.82, 2.24) is 20.5 Å². The average Bonchev–Trinajstić information content (AvgIpc) is 3.18. The summed E-state index contributed by atoms with van der Waals surface area (Å²) in [4.78, 5) is 41.6. The SMILES string of the molecule is O=C1NC(=O)[C@]2(CCN(C(=O)c3ccc4scnc4c3)C2)N1. The summed E-state index contributed by atoms with van der Waals surface area (Å²) < 4.78 is 1.02. The number of nitrogens with one attached hydrogen (secondary N) is 2. The number of nitrogens with zero attached hydrogens (tertiary/aromatic N) is 2. The second-order valence-electron chi connectivity index (χ2n) is 5.50. The molecule has 22 heavy (non-hydrogen) atoms. The summed E-state index contributed by atoms with van der Waals surface area (Å²) in [7, 11) is 0. The summed E-state index contributed by atoms with van der Waals surface area (Å²) in [6.45, 7) is 0.625. The molecule has 0 bridgehead atoms. The van der Waals surface area contributed by atoms with E-state index in [1.54, 1.807) is 22.5 Å². The summed E-state index contributed by atoms with van der Waals surface area (Å²) in [5, 5.41) is 4.87. The van der Waals surface area contributed by atoms with Crippen molar-refractivity contribution in [2.24, 2.45) is 0 Å². The first-order valence-corrected chi connectivity index (χ1v) is 7.71. The Bertz CT molecular complexity index is 817. The Hall–Kier alpha value is -2.48. The first kappa shape index (κ1) is 13.2. The van der Waals surface area contributed by atoms with E-state index in [1.807, 2.05) is 6.07 Å². The standard InChI is InChI=1S/C14H12N4O3S/c19-11(8-1-2-10-9(5-8)15-7-22-10)18-4-3-14(6-18)12(20)16-13(21)17-14/h1-2,5,7H,3-4,6H2,(H2,16,17,20,21)/t14-/m1/s1. The van der Waals surface area contributed by atoms with Gasteiger partial charge in [0.2, 0.25) is 0 Å². The van der Waals surface area contributed by atoms with Gasteiger partial charge in [0, 0.05) is 12.1 Å². The van der Waals surface area contributed by atoms with E-state index < -0.39 is 11.6 Å². The fourth-order valence-corrected chi connectivity index (χ4v) is 3.63. The molecule has 0 unspecified atom stereocenters. The zero-order chi connectivity index (χ0) is 15.3. The zero-order valence-corrected chi connectivity index (χ0v) is 12.3. The van der Waals surface area contributed by atoms with Crippen molar-refractivity contribution in [2.45, 2.75) is 12.0 Å². The molecule has 2 saturated heterocycles. The van der Waals surface area contributed by atoms with Crippen molar-refractivity contribution in [2.75, 3.05) is 13.1 Å². The Morgan fingerprint density at radius 1 is 1.36 bits per heavy atom. The van der Waals surface area contributed by atoms with Crippen LogP contribution in [0.2, 0.25) is 0 Å². The molecule has 7 nitrogen and oxygen atoms in total. The van der Waals surface area contributed by atoms with Crippen LogP contribution in [0.3, 0.4) is 0 Å². The van der Waals surface area contributed by atoms with E-state index in [9.17, 15) is 14.4 Å². The number of urea groups is 1. The monoisotopic (exact) mass is 316 g/mol. The van der Waals surface area contributed by atoms with Crippen LogP contribution < -0.4 is 10.6 Å². The third-order valence-corrected chi connectivity index (χ3v) is 4.96. The number of rotatable bonds is 1. The van der Waals surface area contributed by atoms with E-state index in [1.165, 1.54) is 11.3 Å². The predicted molar refractivity (Wildman–Crippen MR) is 79.5 cm³/mol. The lowest BCUT2D eigenvalue weighted by Gasteiger charge is -2.21. The summed E-state index contributed by atoms with van der Waals surface area (Å²) in [6, 6.07) is 4.90. The van der Waals surface area contributed by atoms with Crippen LogP contribution >= 0.6 is 11.3 Å². The Morgan fingerprint density at radius 2 is 2.23 bits per heavy atom. The number of benzene rings is 1. The summed E-state index contributed by atoms with van der Waals surface area (Å²) in [5.74, 6) is -0.511. The molecule has 1 spiro atoms. The molecule has 0 radical (unpaired) electrons. The topological polar surface area (TPSA) is 91.4 Å². The highest BCUT2D eigenvalue weighted by Gasteiger charge is 2.51. The quantitative estimate of drug-likeness (QED) is 0.758. The lowest BCUT2D eigenvalue weighted by molar-refractivity contribution is -0.123. The van der Waals surface area contributed by atoms with Crippen LogP contribution in [0.5, 0.6) is 0 Å². The zero-order valence-electron chi connectivity index (χ0n) is 11.5. The minimum absolute atomic E-state index is 0.152. The van der Waals surface area contributed by atoms with E-state index in [0.29, 0.717) is 18.5 Å². The maximum Gasteiger partial charge on any atom is 0.322 e. The van der Waals surface area contributed by atoms with Crippen molar-refractivity contribution in [3.8, 4) is 0 Å². The molecule has 0 saturated carbocycles. The Balaban J connectivity index is 1.59. The number of aromatic nitrogens is 1. The molecule has 1 aromatic carbocycles. The third-order valence-electron chi connectivity index (χ3n) is 4.15. The largest absolute Gasteiger partial charge is 0.336 e. The van der Waals surface area contributed by atoms with Gasteiger partial charge in [0.25, 0.3) is 11.8 Å². The van der Waals surface area contributed by atoms with Crippen LogP contribution in [0.15, 0.2) is 23.7 Å². The molecule has 3 heterocycles. The third kappa shape index (κ3) is 1.87. The van der Waals surface area contributed by atoms with Gasteiger partial charge in [-0.1, -0.05) is 0 Å². The van der Waals surface area contributed by atoms with Crippen molar-refractivity contribution >= 4 is 39.4 Å². The highest BCUT2D eigenvalue weighted by atomic mass is 32.1. The molecular weight excluding hydrogens is 304 g/mol. The molecule has 1 atom stereocenters. The van der Waals surface area contributed by atoms with Gasteiger partial charge in [-0.05, 0) is 24.6 Å².